The number of halogens is 3. The number of amides is 2. The lowest BCUT2D eigenvalue weighted by atomic mass is 10.2. The summed E-state index contributed by atoms with van der Waals surface area (Å²) in [6.45, 7) is 1.01. The molecule has 5 nitrogen and oxygen atoms in total. The second kappa shape index (κ2) is 6.77. The van der Waals surface area contributed by atoms with Gasteiger partial charge in [-0.3, -0.25) is 14.6 Å². The summed E-state index contributed by atoms with van der Waals surface area (Å²) in [4.78, 5) is 30.0. The number of imide groups is 1. The zero-order valence-corrected chi connectivity index (χ0v) is 14.2. The molecule has 0 N–H and O–H groups in total. The predicted molar refractivity (Wildman–Crippen MR) is 89.9 cm³/mol. The first kappa shape index (κ1) is 16.7. The van der Waals surface area contributed by atoms with E-state index in [1.807, 2.05) is 0 Å². The van der Waals surface area contributed by atoms with Crippen LogP contribution in [0.4, 0.5) is 5.69 Å². The summed E-state index contributed by atoms with van der Waals surface area (Å²) < 4.78 is 5.46. The first-order chi connectivity index (χ1) is 11.0. The van der Waals surface area contributed by atoms with Crippen molar-refractivity contribution < 1.29 is 14.3 Å². The molecule has 2 amide bonds. The first-order valence-electron chi connectivity index (χ1n) is 7.12. The number of carbonyl (C=O) groups is 2. The van der Waals surface area contributed by atoms with Gasteiger partial charge in [-0.05, 0) is 31.0 Å². The third kappa shape index (κ3) is 3.24. The third-order valence-corrected chi connectivity index (χ3v) is 4.69. The highest BCUT2D eigenvalue weighted by molar-refractivity contribution is 6.68. The van der Waals surface area contributed by atoms with Crippen molar-refractivity contribution >= 4 is 58.0 Å². The van der Waals surface area contributed by atoms with Crippen LogP contribution in [-0.2, 0) is 14.3 Å². The van der Waals surface area contributed by atoms with Gasteiger partial charge in [-0.15, -0.1) is 11.6 Å². The maximum absolute atomic E-state index is 12.5. The van der Waals surface area contributed by atoms with Crippen LogP contribution in [0.1, 0.15) is 12.8 Å². The Hall–Kier alpha value is -1.14. The minimum atomic E-state index is -1.13. The molecule has 0 aliphatic carbocycles. The summed E-state index contributed by atoms with van der Waals surface area (Å²) in [5.74, 6) is -1.15. The van der Waals surface area contributed by atoms with Gasteiger partial charge in [-0.25, -0.2) is 4.90 Å². The maximum Gasteiger partial charge on any atom is 0.281 e. The number of rotatable bonds is 3. The molecule has 122 valence electrons. The van der Waals surface area contributed by atoms with Gasteiger partial charge >= 0.3 is 0 Å². The Balaban J connectivity index is 1.88. The largest absolute Gasteiger partial charge is 0.376 e. The number of carbonyl (C=O) groups excluding carboxylic acids is 2. The van der Waals surface area contributed by atoms with Crippen LogP contribution >= 0.6 is 34.8 Å². The summed E-state index contributed by atoms with van der Waals surface area (Å²) in [7, 11) is 0. The van der Waals surface area contributed by atoms with Crippen molar-refractivity contribution in [2.24, 2.45) is 4.99 Å². The highest BCUT2D eigenvalue weighted by Crippen LogP contribution is 2.33. The van der Waals surface area contributed by atoms with Gasteiger partial charge in [0.05, 0.1) is 23.4 Å². The molecule has 3 rings (SSSR count). The van der Waals surface area contributed by atoms with Crippen LogP contribution in [0.25, 0.3) is 0 Å². The van der Waals surface area contributed by atoms with Crippen molar-refractivity contribution in [3.8, 4) is 0 Å². The van der Waals surface area contributed by atoms with E-state index < -0.39 is 17.2 Å². The number of alkyl halides is 1. The van der Waals surface area contributed by atoms with Crippen molar-refractivity contribution in [2.75, 3.05) is 18.1 Å². The molecule has 1 aromatic rings. The summed E-state index contributed by atoms with van der Waals surface area (Å²) in [6, 6.07) is 4.54. The zero-order valence-electron chi connectivity index (χ0n) is 12.0. The van der Waals surface area contributed by atoms with Crippen LogP contribution in [0.3, 0.4) is 0 Å². The van der Waals surface area contributed by atoms with Crippen LogP contribution in [0.2, 0.25) is 10.0 Å². The smallest absolute Gasteiger partial charge is 0.281 e. The molecule has 1 aromatic carbocycles. The normalized spacial score (nSPS) is 26.6. The number of aliphatic imine (C=N–C) groups is 1. The topological polar surface area (TPSA) is 59.0 Å². The predicted octanol–water partition coefficient (Wildman–Crippen LogP) is 3.09. The average Bonchev–Trinajstić information content (AvgIpc) is 3.10. The molecule has 2 aliphatic heterocycles. The molecule has 2 aliphatic rings. The number of anilines is 1. The van der Waals surface area contributed by atoms with Gasteiger partial charge in [0, 0.05) is 11.6 Å². The number of hydrogen-bond acceptors (Lipinski definition) is 4. The van der Waals surface area contributed by atoms with E-state index in [1.54, 1.807) is 6.07 Å². The fourth-order valence-corrected chi connectivity index (χ4v) is 3.20. The molecule has 2 fully saturated rings. The number of hydrogen-bond donors (Lipinski definition) is 0. The van der Waals surface area contributed by atoms with E-state index in [4.69, 9.17) is 39.5 Å². The molecule has 23 heavy (non-hydrogen) atoms. The van der Waals surface area contributed by atoms with E-state index in [0.717, 1.165) is 17.7 Å². The highest BCUT2D eigenvalue weighted by Gasteiger charge is 2.45. The summed E-state index contributed by atoms with van der Waals surface area (Å²) in [6.07, 6.45) is 1.82. The number of benzene rings is 1. The standard InChI is InChI=1S/C15H13Cl3N2O3/c16-8-3-4-10(17)11(6-8)20-14(21)12(18)13(15(20)22)19-7-9-2-1-5-23-9/h3-4,6,9,12H,1-2,5,7H2/t9-,12?/m0/s1. The van der Waals surface area contributed by atoms with E-state index in [9.17, 15) is 9.59 Å². The van der Waals surface area contributed by atoms with Gasteiger partial charge in [0.2, 0.25) is 0 Å². The Morgan fingerprint density at radius 1 is 1.30 bits per heavy atom. The number of nitrogens with zero attached hydrogens (tertiary/aromatic N) is 2. The minimum Gasteiger partial charge on any atom is -0.376 e. The SMILES string of the molecule is O=C1C(=NC[C@@H]2CCCO2)C(Cl)C(=O)N1c1cc(Cl)ccc1Cl. The molecular weight excluding hydrogens is 363 g/mol. The highest BCUT2D eigenvalue weighted by atomic mass is 35.5. The third-order valence-electron chi connectivity index (χ3n) is 3.74. The Morgan fingerprint density at radius 3 is 2.78 bits per heavy atom. The van der Waals surface area contributed by atoms with E-state index in [0.29, 0.717) is 18.2 Å². The Morgan fingerprint density at radius 2 is 2.09 bits per heavy atom. The van der Waals surface area contributed by atoms with Crippen molar-refractivity contribution in [1.82, 2.24) is 0 Å². The second-order valence-corrected chi connectivity index (χ2v) is 6.58. The molecule has 2 atom stereocenters. The molecule has 2 heterocycles. The van der Waals surface area contributed by atoms with Crippen LogP contribution in [0.15, 0.2) is 23.2 Å². The Labute approximate surface area is 148 Å². The zero-order chi connectivity index (χ0) is 16.6. The molecule has 8 heteroatoms. The lowest BCUT2D eigenvalue weighted by Gasteiger charge is -2.15. The second-order valence-electron chi connectivity index (χ2n) is 5.30. The molecule has 0 bridgehead atoms. The van der Waals surface area contributed by atoms with Crippen molar-refractivity contribution in [2.45, 2.75) is 24.3 Å². The summed E-state index contributed by atoms with van der Waals surface area (Å²) in [5.41, 5.74) is 0.227. The lowest BCUT2D eigenvalue weighted by Crippen LogP contribution is -2.31. The fourth-order valence-electron chi connectivity index (χ4n) is 2.57. The lowest BCUT2D eigenvalue weighted by molar-refractivity contribution is -0.120. The van der Waals surface area contributed by atoms with Crippen LogP contribution < -0.4 is 4.90 Å². The average molecular weight is 376 g/mol. The van der Waals surface area contributed by atoms with Crippen LogP contribution in [-0.4, -0.2) is 42.2 Å². The first-order valence-corrected chi connectivity index (χ1v) is 8.31. The van der Waals surface area contributed by atoms with E-state index in [2.05, 4.69) is 4.99 Å². The van der Waals surface area contributed by atoms with Crippen molar-refractivity contribution in [3.05, 3.63) is 28.2 Å². The van der Waals surface area contributed by atoms with Gasteiger partial charge in [0.25, 0.3) is 11.8 Å². The number of ether oxygens (including phenoxy) is 1. The van der Waals surface area contributed by atoms with E-state index in [1.165, 1.54) is 12.1 Å². The van der Waals surface area contributed by atoms with Gasteiger partial charge in [0.15, 0.2) is 5.38 Å². The minimum absolute atomic E-state index is 0.0169. The Kier molecular flexibility index (Phi) is 4.92. The van der Waals surface area contributed by atoms with Gasteiger partial charge in [0.1, 0.15) is 5.71 Å². The monoisotopic (exact) mass is 374 g/mol. The van der Waals surface area contributed by atoms with Gasteiger partial charge in [-0.2, -0.15) is 0 Å². The molecule has 2 saturated heterocycles. The molecule has 0 radical (unpaired) electrons. The van der Waals surface area contributed by atoms with E-state index in [-0.39, 0.29) is 22.5 Å². The quantitative estimate of drug-likeness (QED) is 0.602. The van der Waals surface area contributed by atoms with Crippen LogP contribution in [0, 0.1) is 0 Å². The fraction of sp³-hybridized carbons (Fsp3) is 0.400. The van der Waals surface area contributed by atoms with Gasteiger partial charge in [-0.1, -0.05) is 23.2 Å². The molecule has 0 aromatic heterocycles. The molecule has 0 spiro atoms. The summed E-state index contributed by atoms with van der Waals surface area (Å²) >= 11 is 18.1. The van der Waals surface area contributed by atoms with E-state index >= 15 is 0 Å². The molecular formula is C15H13Cl3N2O3. The van der Waals surface area contributed by atoms with Crippen molar-refractivity contribution in [1.29, 1.82) is 0 Å². The Bertz CT molecular complexity index is 687. The van der Waals surface area contributed by atoms with Crippen molar-refractivity contribution in [3.63, 3.8) is 0 Å². The summed E-state index contributed by atoms with van der Waals surface area (Å²) in [5, 5.41) is -0.528. The molecule has 1 unspecified atom stereocenters. The molecule has 0 saturated carbocycles. The van der Waals surface area contributed by atoms with Crippen LogP contribution in [0.5, 0.6) is 0 Å². The van der Waals surface area contributed by atoms with Gasteiger partial charge < -0.3 is 4.74 Å². The maximum atomic E-state index is 12.5.